The predicted octanol–water partition coefficient (Wildman–Crippen LogP) is 2.62. The second-order valence-electron chi connectivity index (χ2n) is 4.27. The number of rotatable bonds is 7. The topological polar surface area (TPSA) is 82.1 Å². The van der Waals surface area contributed by atoms with Gasteiger partial charge >= 0.3 is 5.97 Å². The minimum atomic E-state index is -1.03. The van der Waals surface area contributed by atoms with Gasteiger partial charge in [0, 0.05) is 5.56 Å². The van der Waals surface area contributed by atoms with E-state index in [2.05, 4.69) is 0 Å². The third-order valence-corrected chi connectivity index (χ3v) is 2.84. The van der Waals surface area contributed by atoms with Gasteiger partial charge in [0.1, 0.15) is 12.0 Å². The van der Waals surface area contributed by atoms with Gasteiger partial charge in [-0.3, -0.25) is 4.79 Å². The molecule has 0 aromatic heterocycles. The summed E-state index contributed by atoms with van der Waals surface area (Å²) in [7, 11) is 1.47. The maximum atomic E-state index is 10.9. The van der Waals surface area contributed by atoms with E-state index in [1.807, 2.05) is 0 Å². The van der Waals surface area contributed by atoms with E-state index in [-0.39, 0.29) is 12.4 Å². The molecule has 0 fully saturated rings. The summed E-state index contributed by atoms with van der Waals surface area (Å²) < 4.78 is 15.9. The molecule has 2 rings (SSSR count). The lowest BCUT2D eigenvalue weighted by molar-refractivity contribution is 0.0694. The van der Waals surface area contributed by atoms with Crippen LogP contribution in [0.1, 0.15) is 20.7 Å². The Morgan fingerprint density at radius 3 is 2.64 bits per heavy atom. The van der Waals surface area contributed by atoms with Crippen LogP contribution in [0, 0.1) is 0 Å². The van der Waals surface area contributed by atoms with Crippen molar-refractivity contribution in [3.8, 4) is 17.2 Å². The molecule has 0 aliphatic heterocycles. The number of ether oxygens (including phenoxy) is 3. The van der Waals surface area contributed by atoms with Crippen LogP contribution in [0.4, 0.5) is 0 Å². The summed E-state index contributed by atoms with van der Waals surface area (Å²) in [6.45, 7) is -0.125. The Bertz CT molecular complexity index is 680. The van der Waals surface area contributed by atoms with Crippen LogP contribution in [0.15, 0.2) is 42.5 Å². The number of aromatic carboxylic acids is 1. The normalized spacial score (nSPS) is 9.86. The van der Waals surface area contributed by atoms with Crippen molar-refractivity contribution in [2.75, 3.05) is 13.9 Å². The molecule has 0 amide bonds. The summed E-state index contributed by atoms with van der Waals surface area (Å²) in [5, 5.41) is 8.90. The van der Waals surface area contributed by atoms with E-state index in [0.29, 0.717) is 29.1 Å². The van der Waals surface area contributed by atoms with E-state index in [1.165, 1.54) is 19.2 Å². The van der Waals surface area contributed by atoms with E-state index >= 15 is 0 Å². The summed E-state index contributed by atoms with van der Waals surface area (Å²) in [6.07, 6.45) is 0.709. The van der Waals surface area contributed by atoms with Gasteiger partial charge in [-0.2, -0.15) is 0 Å². The van der Waals surface area contributed by atoms with Crippen LogP contribution in [0.25, 0.3) is 0 Å². The Balaban J connectivity index is 2.00. The van der Waals surface area contributed by atoms with Gasteiger partial charge in [-0.15, -0.1) is 0 Å². The molecule has 0 atom stereocenters. The molecular weight excluding hydrogens is 288 g/mol. The Morgan fingerprint density at radius 2 is 1.95 bits per heavy atom. The van der Waals surface area contributed by atoms with E-state index in [9.17, 15) is 9.59 Å². The fraction of sp³-hybridized carbons (Fsp3) is 0.125. The first-order valence-corrected chi connectivity index (χ1v) is 6.36. The molecule has 0 bridgehead atoms. The van der Waals surface area contributed by atoms with Crippen LogP contribution in [0.5, 0.6) is 17.2 Å². The maximum absolute atomic E-state index is 10.9. The molecule has 0 aliphatic carbocycles. The second kappa shape index (κ2) is 7.12. The number of hydrogen-bond acceptors (Lipinski definition) is 5. The van der Waals surface area contributed by atoms with Crippen LogP contribution in [0.2, 0.25) is 0 Å². The number of carbonyl (C=O) groups excluding carboxylic acids is 1. The molecule has 2 aromatic carbocycles. The van der Waals surface area contributed by atoms with E-state index < -0.39 is 5.97 Å². The van der Waals surface area contributed by atoms with Crippen LogP contribution >= 0.6 is 0 Å². The minimum Gasteiger partial charge on any atom is -0.493 e. The monoisotopic (exact) mass is 302 g/mol. The fourth-order valence-corrected chi connectivity index (χ4v) is 1.76. The summed E-state index contributed by atoms with van der Waals surface area (Å²) in [5.74, 6) is 0.177. The first-order valence-electron chi connectivity index (χ1n) is 6.36. The summed E-state index contributed by atoms with van der Waals surface area (Å²) in [6, 6.07) is 10.8. The molecule has 0 radical (unpaired) electrons. The van der Waals surface area contributed by atoms with Crippen LogP contribution < -0.4 is 14.2 Å². The van der Waals surface area contributed by atoms with Gasteiger partial charge in [-0.05, 0) is 36.4 Å². The van der Waals surface area contributed by atoms with Gasteiger partial charge in [0.15, 0.2) is 11.5 Å². The number of methoxy groups -OCH3 is 1. The van der Waals surface area contributed by atoms with Gasteiger partial charge in [-0.1, -0.05) is 6.07 Å². The molecule has 0 saturated heterocycles. The quantitative estimate of drug-likeness (QED) is 0.625. The summed E-state index contributed by atoms with van der Waals surface area (Å²) >= 11 is 0. The first-order chi connectivity index (χ1) is 10.6. The van der Waals surface area contributed by atoms with Gasteiger partial charge in [0.2, 0.25) is 6.79 Å². The molecular formula is C16H14O6. The molecule has 2 aromatic rings. The van der Waals surface area contributed by atoms with Crippen LogP contribution in [-0.4, -0.2) is 31.3 Å². The Labute approximate surface area is 126 Å². The number of carboxylic acid groups (broad SMARTS) is 1. The zero-order valence-corrected chi connectivity index (χ0v) is 11.8. The fourth-order valence-electron chi connectivity index (χ4n) is 1.76. The van der Waals surface area contributed by atoms with Gasteiger partial charge < -0.3 is 19.3 Å². The lowest BCUT2D eigenvalue weighted by atomic mass is 10.2. The van der Waals surface area contributed by atoms with Crippen molar-refractivity contribution >= 4 is 12.3 Å². The largest absolute Gasteiger partial charge is 0.493 e. The van der Waals surface area contributed by atoms with Crippen molar-refractivity contribution in [3.63, 3.8) is 0 Å². The van der Waals surface area contributed by atoms with Gasteiger partial charge in [0.05, 0.1) is 12.7 Å². The van der Waals surface area contributed by atoms with Crippen molar-refractivity contribution < 1.29 is 28.9 Å². The van der Waals surface area contributed by atoms with E-state index in [1.54, 1.807) is 30.3 Å². The molecule has 6 heteroatoms. The highest BCUT2D eigenvalue weighted by atomic mass is 16.7. The predicted molar refractivity (Wildman–Crippen MR) is 77.9 cm³/mol. The van der Waals surface area contributed by atoms with Crippen molar-refractivity contribution in [1.29, 1.82) is 0 Å². The number of carboxylic acids is 1. The SMILES string of the molecule is COc1cc(C=O)ccc1OCOc1cccc(C(=O)O)c1. The minimum absolute atomic E-state index is 0.125. The third kappa shape index (κ3) is 3.76. The zero-order chi connectivity index (χ0) is 15.9. The van der Waals surface area contributed by atoms with Crippen LogP contribution in [0.3, 0.4) is 0 Å². The first kappa shape index (κ1) is 15.4. The van der Waals surface area contributed by atoms with Gasteiger partial charge in [0.25, 0.3) is 0 Å². The molecule has 0 aliphatic rings. The summed E-state index contributed by atoms with van der Waals surface area (Å²) in [4.78, 5) is 21.6. The highest BCUT2D eigenvalue weighted by Crippen LogP contribution is 2.27. The molecule has 6 nitrogen and oxygen atoms in total. The van der Waals surface area contributed by atoms with Crippen molar-refractivity contribution in [2.45, 2.75) is 0 Å². The second-order valence-corrected chi connectivity index (χ2v) is 4.27. The lowest BCUT2D eigenvalue weighted by Crippen LogP contribution is -2.07. The van der Waals surface area contributed by atoms with Crippen molar-refractivity contribution in [1.82, 2.24) is 0 Å². The van der Waals surface area contributed by atoms with E-state index in [4.69, 9.17) is 19.3 Å². The number of hydrogen-bond donors (Lipinski definition) is 1. The van der Waals surface area contributed by atoms with E-state index in [0.717, 1.165) is 0 Å². The standard InChI is InChI=1S/C16H14O6/c1-20-15-7-11(9-17)5-6-14(15)22-10-21-13-4-2-3-12(8-13)16(18)19/h2-9H,10H2,1H3,(H,18,19). The lowest BCUT2D eigenvalue weighted by Gasteiger charge is -2.12. The molecule has 0 heterocycles. The van der Waals surface area contributed by atoms with Crippen molar-refractivity contribution in [2.24, 2.45) is 0 Å². The molecule has 1 N–H and O–H groups in total. The zero-order valence-electron chi connectivity index (χ0n) is 11.8. The molecule has 0 saturated carbocycles. The Hall–Kier alpha value is -3.02. The Morgan fingerprint density at radius 1 is 1.14 bits per heavy atom. The molecule has 0 spiro atoms. The molecule has 0 unspecified atom stereocenters. The van der Waals surface area contributed by atoms with Gasteiger partial charge in [-0.25, -0.2) is 4.79 Å². The number of benzene rings is 2. The Kier molecular flexibility index (Phi) is 4.98. The van der Waals surface area contributed by atoms with Crippen molar-refractivity contribution in [3.05, 3.63) is 53.6 Å². The number of carbonyl (C=O) groups is 2. The van der Waals surface area contributed by atoms with Crippen LogP contribution in [-0.2, 0) is 0 Å². The molecule has 22 heavy (non-hydrogen) atoms. The number of aldehydes is 1. The smallest absolute Gasteiger partial charge is 0.335 e. The maximum Gasteiger partial charge on any atom is 0.335 e. The summed E-state index contributed by atoms with van der Waals surface area (Å²) in [5.41, 5.74) is 0.602. The average Bonchev–Trinajstić information content (AvgIpc) is 2.55. The molecule has 114 valence electrons. The average molecular weight is 302 g/mol. The highest BCUT2D eigenvalue weighted by molar-refractivity contribution is 5.88. The highest BCUT2D eigenvalue weighted by Gasteiger charge is 2.07. The third-order valence-electron chi connectivity index (χ3n) is 2.84.